The lowest BCUT2D eigenvalue weighted by molar-refractivity contribution is -0.118. The van der Waals surface area contributed by atoms with Crippen LogP contribution in [0.4, 0.5) is 5.82 Å². The van der Waals surface area contributed by atoms with Gasteiger partial charge in [-0.25, -0.2) is 9.97 Å². The maximum atomic E-state index is 11.9. The Morgan fingerprint density at radius 3 is 2.87 bits per heavy atom. The molecule has 0 bridgehead atoms. The molecule has 0 aliphatic rings. The van der Waals surface area contributed by atoms with Crippen LogP contribution >= 0.6 is 23.1 Å². The van der Waals surface area contributed by atoms with E-state index in [0.29, 0.717) is 17.5 Å². The second-order valence-corrected chi connectivity index (χ2v) is 6.74. The number of benzene rings is 1. The lowest BCUT2D eigenvalue weighted by Crippen LogP contribution is -2.24. The highest BCUT2D eigenvalue weighted by molar-refractivity contribution is 7.99. The van der Waals surface area contributed by atoms with Crippen LogP contribution in [0.3, 0.4) is 0 Å². The largest absolute Gasteiger partial charge is 0.372 e. The third-order valence-electron chi connectivity index (χ3n) is 3.19. The van der Waals surface area contributed by atoms with Gasteiger partial charge in [0.15, 0.2) is 5.16 Å². The van der Waals surface area contributed by atoms with Gasteiger partial charge in [0, 0.05) is 17.3 Å². The minimum Gasteiger partial charge on any atom is -0.372 e. The van der Waals surface area contributed by atoms with Crippen molar-refractivity contribution >= 4 is 45.7 Å². The molecule has 7 heteroatoms. The molecule has 2 heterocycles. The average Bonchev–Trinajstić information content (AvgIpc) is 3.11. The first-order valence-electron chi connectivity index (χ1n) is 7.12. The summed E-state index contributed by atoms with van der Waals surface area (Å²) in [6, 6.07) is 11.8. The van der Waals surface area contributed by atoms with Crippen LogP contribution in [0.15, 0.2) is 46.9 Å². The van der Waals surface area contributed by atoms with E-state index in [2.05, 4.69) is 20.6 Å². The van der Waals surface area contributed by atoms with Crippen LogP contribution < -0.4 is 10.6 Å². The lowest BCUT2D eigenvalue weighted by Gasteiger charge is -2.07. The molecule has 2 N–H and O–H groups in total. The summed E-state index contributed by atoms with van der Waals surface area (Å²) in [5.41, 5.74) is 0.869. The summed E-state index contributed by atoms with van der Waals surface area (Å²) in [7, 11) is 1.83. The van der Waals surface area contributed by atoms with Crippen molar-refractivity contribution < 1.29 is 4.79 Å². The average molecular weight is 344 g/mol. The molecule has 0 saturated heterocycles. The van der Waals surface area contributed by atoms with Gasteiger partial charge in [0.2, 0.25) is 5.91 Å². The van der Waals surface area contributed by atoms with Gasteiger partial charge in [-0.05, 0) is 23.6 Å². The fraction of sp³-hybridized carbons (Fsp3) is 0.188. The minimum atomic E-state index is -0.0221. The van der Waals surface area contributed by atoms with Crippen molar-refractivity contribution in [2.24, 2.45) is 0 Å². The van der Waals surface area contributed by atoms with Crippen LogP contribution in [-0.4, -0.2) is 28.7 Å². The SMILES string of the molecule is CNc1nc(SCC(=O)NCc2cccs2)nc2ccccc12. The van der Waals surface area contributed by atoms with Crippen LogP contribution in [0.5, 0.6) is 0 Å². The zero-order valence-electron chi connectivity index (χ0n) is 12.6. The second-order valence-electron chi connectivity index (χ2n) is 4.77. The fourth-order valence-corrected chi connectivity index (χ4v) is 3.42. The predicted octanol–water partition coefficient (Wildman–Crippen LogP) is 3.14. The van der Waals surface area contributed by atoms with Gasteiger partial charge in [-0.1, -0.05) is 30.0 Å². The van der Waals surface area contributed by atoms with Crippen LogP contribution in [0.2, 0.25) is 0 Å². The van der Waals surface area contributed by atoms with Crippen LogP contribution in [0.1, 0.15) is 4.88 Å². The number of rotatable bonds is 6. The number of nitrogens with zero attached hydrogens (tertiary/aromatic N) is 2. The summed E-state index contributed by atoms with van der Waals surface area (Å²) in [5.74, 6) is 1.05. The van der Waals surface area contributed by atoms with Crippen molar-refractivity contribution in [1.29, 1.82) is 0 Å². The quantitative estimate of drug-likeness (QED) is 0.531. The predicted molar refractivity (Wildman–Crippen MR) is 96.0 cm³/mol. The molecule has 0 atom stereocenters. The second kappa shape index (κ2) is 7.43. The molecule has 0 aliphatic heterocycles. The molecule has 1 aromatic carbocycles. The van der Waals surface area contributed by atoms with E-state index in [4.69, 9.17) is 0 Å². The van der Waals surface area contributed by atoms with E-state index in [9.17, 15) is 4.79 Å². The van der Waals surface area contributed by atoms with Gasteiger partial charge in [0.25, 0.3) is 0 Å². The van der Waals surface area contributed by atoms with Crippen molar-refractivity contribution in [1.82, 2.24) is 15.3 Å². The van der Waals surface area contributed by atoms with Gasteiger partial charge >= 0.3 is 0 Å². The summed E-state index contributed by atoms with van der Waals surface area (Å²) in [6.45, 7) is 0.567. The Morgan fingerprint density at radius 2 is 2.09 bits per heavy atom. The third-order valence-corrected chi connectivity index (χ3v) is 4.92. The van der Waals surface area contributed by atoms with Crippen LogP contribution in [0, 0.1) is 0 Å². The first-order valence-corrected chi connectivity index (χ1v) is 8.99. The van der Waals surface area contributed by atoms with Crippen molar-refractivity contribution in [3.8, 4) is 0 Å². The summed E-state index contributed by atoms with van der Waals surface area (Å²) in [4.78, 5) is 22.0. The van der Waals surface area contributed by atoms with Crippen molar-refractivity contribution in [3.63, 3.8) is 0 Å². The molecule has 5 nitrogen and oxygen atoms in total. The molecular formula is C16H16N4OS2. The van der Waals surface area contributed by atoms with E-state index in [0.717, 1.165) is 21.6 Å². The molecule has 23 heavy (non-hydrogen) atoms. The lowest BCUT2D eigenvalue weighted by atomic mass is 10.2. The van der Waals surface area contributed by atoms with Gasteiger partial charge in [0.05, 0.1) is 17.8 Å². The smallest absolute Gasteiger partial charge is 0.230 e. The fourth-order valence-electron chi connectivity index (χ4n) is 2.09. The summed E-state index contributed by atoms with van der Waals surface area (Å²) in [5, 5.41) is 9.55. The molecule has 3 rings (SSSR count). The van der Waals surface area contributed by atoms with Crippen molar-refractivity contribution in [3.05, 3.63) is 46.7 Å². The molecule has 0 radical (unpaired) electrons. The Labute approximate surface area is 142 Å². The third kappa shape index (κ3) is 4.00. The monoisotopic (exact) mass is 344 g/mol. The van der Waals surface area contributed by atoms with Gasteiger partial charge < -0.3 is 10.6 Å². The number of carbonyl (C=O) groups is 1. The molecule has 0 fully saturated rings. The number of amides is 1. The van der Waals surface area contributed by atoms with E-state index < -0.39 is 0 Å². The Morgan fingerprint density at radius 1 is 1.22 bits per heavy atom. The van der Waals surface area contributed by atoms with E-state index in [1.165, 1.54) is 11.8 Å². The number of carbonyl (C=O) groups excluding carboxylic acids is 1. The Hall–Kier alpha value is -2.12. The zero-order chi connectivity index (χ0) is 16.1. The van der Waals surface area contributed by atoms with Gasteiger partial charge in [-0.2, -0.15) is 0 Å². The van der Waals surface area contributed by atoms with E-state index in [-0.39, 0.29) is 5.91 Å². The molecule has 0 aliphatic carbocycles. The van der Waals surface area contributed by atoms with Gasteiger partial charge in [-0.15, -0.1) is 11.3 Å². The number of hydrogen-bond donors (Lipinski definition) is 2. The number of para-hydroxylation sites is 1. The maximum Gasteiger partial charge on any atom is 0.230 e. The Kier molecular flexibility index (Phi) is 5.09. The van der Waals surface area contributed by atoms with E-state index in [1.807, 2.05) is 48.8 Å². The number of fused-ring (bicyclic) bond motifs is 1. The number of anilines is 1. The highest BCUT2D eigenvalue weighted by Gasteiger charge is 2.09. The first kappa shape index (κ1) is 15.8. The van der Waals surface area contributed by atoms with Crippen LogP contribution in [-0.2, 0) is 11.3 Å². The molecular weight excluding hydrogens is 328 g/mol. The van der Waals surface area contributed by atoms with Gasteiger partial charge in [0.1, 0.15) is 5.82 Å². The van der Waals surface area contributed by atoms with Crippen molar-refractivity contribution in [2.45, 2.75) is 11.7 Å². The normalized spacial score (nSPS) is 10.7. The molecule has 1 amide bonds. The zero-order valence-corrected chi connectivity index (χ0v) is 14.2. The van der Waals surface area contributed by atoms with Crippen LogP contribution in [0.25, 0.3) is 10.9 Å². The molecule has 3 aromatic rings. The number of nitrogens with one attached hydrogen (secondary N) is 2. The Bertz CT molecular complexity index is 805. The molecule has 0 saturated carbocycles. The van der Waals surface area contributed by atoms with Gasteiger partial charge in [-0.3, -0.25) is 4.79 Å². The first-order chi connectivity index (χ1) is 11.3. The summed E-state index contributed by atoms with van der Waals surface area (Å²) >= 11 is 2.97. The molecule has 0 unspecified atom stereocenters. The standard InChI is InChI=1S/C16H16N4OS2/c1-17-15-12-6-2-3-7-13(12)19-16(20-15)23-10-14(21)18-9-11-5-4-8-22-11/h2-8H,9-10H2,1H3,(H,18,21)(H,17,19,20). The number of thioether (sulfide) groups is 1. The topological polar surface area (TPSA) is 66.9 Å². The molecule has 118 valence electrons. The van der Waals surface area contributed by atoms with E-state index >= 15 is 0 Å². The maximum absolute atomic E-state index is 11.9. The van der Waals surface area contributed by atoms with E-state index in [1.54, 1.807) is 11.3 Å². The highest BCUT2D eigenvalue weighted by atomic mass is 32.2. The summed E-state index contributed by atoms with van der Waals surface area (Å²) < 4.78 is 0. The highest BCUT2D eigenvalue weighted by Crippen LogP contribution is 2.23. The minimum absolute atomic E-state index is 0.0221. The number of thiophene rings is 1. The number of hydrogen-bond acceptors (Lipinski definition) is 6. The molecule has 0 spiro atoms. The summed E-state index contributed by atoms with van der Waals surface area (Å²) in [6.07, 6.45) is 0. The van der Waals surface area contributed by atoms with Crippen molar-refractivity contribution in [2.75, 3.05) is 18.1 Å². The Balaban J connectivity index is 1.63. The number of aromatic nitrogens is 2. The molecule has 2 aromatic heterocycles.